The van der Waals surface area contributed by atoms with Crippen LogP contribution in [0.2, 0.25) is 0 Å². The molecule has 0 aliphatic rings. The third kappa shape index (κ3) is 5.59. The largest absolute Gasteiger partial charge is 0.355 e. The lowest BCUT2D eigenvalue weighted by molar-refractivity contribution is -0.120. The third-order valence-corrected chi connectivity index (χ3v) is 4.06. The van der Waals surface area contributed by atoms with E-state index in [0.29, 0.717) is 24.3 Å². The highest BCUT2D eigenvalue weighted by molar-refractivity contribution is 7.97. The van der Waals surface area contributed by atoms with Gasteiger partial charge in [0, 0.05) is 17.9 Å². The van der Waals surface area contributed by atoms with Gasteiger partial charge in [-0.05, 0) is 29.1 Å². The van der Waals surface area contributed by atoms with Crippen LogP contribution >= 0.6 is 11.9 Å². The molecule has 2 amide bonds. The molecule has 0 heterocycles. The van der Waals surface area contributed by atoms with Crippen molar-refractivity contribution < 1.29 is 9.59 Å². The van der Waals surface area contributed by atoms with E-state index in [1.807, 2.05) is 48.5 Å². The van der Waals surface area contributed by atoms with Crippen molar-refractivity contribution in [1.82, 2.24) is 10.0 Å². The molecule has 0 saturated heterocycles. The second-order valence-corrected chi connectivity index (χ2v) is 5.98. The number of rotatable bonds is 8. The first-order valence-corrected chi connectivity index (χ1v) is 8.63. The Hall–Kier alpha value is -2.53. The molecule has 0 unspecified atom stereocenters. The van der Waals surface area contributed by atoms with E-state index in [2.05, 4.69) is 16.6 Å². The highest BCUT2D eigenvalue weighted by Crippen LogP contribution is 2.11. The minimum Gasteiger partial charge on any atom is -0.355 e. The average Bonchev–Trinajstić information content (AvgIpc) is 2.62. The summed E-state index contributed by atoms with van der Waals surface area (Å²) in [6.45, 7) is 4.20. The number of carbonyl (C=O) groups is 2. The van der Waals surface area contributed by atoms with Crippen LogP contribution in [0.3, 0.4) is 0 Å². The molecule has 24 heavy (non-hydrogen) atoms. The van der Waals surface area contributed by atoms with Crippen LogP contribution in [0.15, 0.2) is 61.2 Å². The first-order chi connectivity index (χ1) is 11.7. The third-order valence-electron chi connectivity index (χ3n) is 3.32. The predicted molar refractivity (Wildman–Crippen MR) is 99.6 cm³/mol. The standard InChI is InChI=1S/C19H20N2O2S/c1-2-16-10-6-7-11-17(16)19(23)21-24-13-12-20-18(22)14-15-8-4-3-5-9-15/h2-11H,1,12-14H2,(H,20,22)(H,21,23). The second kappa shape index (κ2) is 9.57. The van der Waals surface area contributed by atoms with E-state index in [1.54, 1.807) is 12.1 Å². The summed E-state index contributed by atoms with van der Waals surface area (Å²) in [5.41, 5.74) is 2.37. The normalized spacial score (nSPS) is 10.0. The molecule has 0 aromatic heterocycles. The minimum atomic E-state index is -0.161. The van der Waals surface area contributed by atoms with Crippen molar-refractivity contribution in [2.45, 2.75) is 6.42 Å². The number of hydrogen-bond acceptors (Lipinski definition) is 3. The lowest BCUT2D eigenvalue weighted by Gasteiger charge is -2.08. The molecule has 0 spiro atoms. The van der Waals surface area contributed by atoms with Crippen LogP contribution in [0.1, 0.15) is 21.5 Å². The van der Waals surface area contributed by atoms with Crippen molar-refractivity contribution >= 4 is 29.8 Å². The Kier molecular flexibility index (Phi) is 7.11. The predicted octanol–water partition coefficient (Wildman–Crippen LogP) is 3.07. The Labute approximate surface area is 146 Å². The summed E-state index contributed by atoms with van der Waals surface area (Å²) in [4.78, 5) is 23.9. The van der Waals surface area contributed by atoms with Crippen molar-refractivity contribution in [3.63, 3.8) is 0 Å². The summed E-state index contributed by atoms with van der Waals surface area (Å²) in [7, 11) is 0. The summed E-state index contributed by atoms with van der Waals surface area (Å²) < 4.78 is 2.78. The molecule has 2 aromatic carbocycles. The van der Waals surface area contributed by atoms with Gasteiger partial charge < -0.3 is 5.32 Å². The Balaban J connectivity index is 1.67. The van der Waals surface area contributed by atoms with Gasteiger partial charge in [-0.15, -0.1) is 0 Å². The molecule has 124 valence electrons. The Bertz CT molecular complexity index is 702. The van der Waals surface area contributed by atoms with Gasteiger partial charge in [0.05, 0.1) is 6.42 Å². The Morgan fingerprint density at radius 3 is 2.50 bits per heavy atom. The molecule has 2 N–H and O–H groups in total. The molecule has 0 aliphatic heterocycles. The molecule has 4 nitrogen and oxygen atoms in total. The quantitative estimate of drug-likeness (QED) is 0.573. The molecule has 0 atom stereocenters. The number of amides is 2. The van der Waals surface area contributed by atoms with Gasteiger partial charge in [0.15, 0.2) is 0 Å². The molecular formula is C19H20N2O2S. The number of nitrogens with one attached hydrogen (secondary N) is 2. The highest BCUT2D eigenvalue weighted by atomic mass is 32.2. The van der Waals surface area contributed by atoms with Crippen molar-refractivity contribution in [2.75, 3.05) is 12.3 Å². The SMILES string of the molecule is C=Cc1ccccc1C(=O)NSCCNC(=O)Cc1ccccc1. The maximum Gasteiger partial charge on any atom is 0.261 e. The zero-order valence-corrected chi connectivity index (χ0v) is 14.1. The smallest absolute Gasteiger partial charge is 0.261 e. The number of carbonyl (C=O) groups excluding carboxylic acids is 2. The summed E-state index contributed by atoms with van der Waals surface area (Å²) in [6.07, 6.45) is 2.02. The number of benzene rings is 2. The molecule has 2 rings (SSSR count). The van der Waals surface area contributed by atoms with Gasteiger partial charge in [-0.3, -0.25) is 14.3 Å². The molecule has 0 radical (unpaired) electrons. The lowest BCUT2D eigenvalue weighted by Crippen LogP contribution is -2.28. The first-order valence-electron chi connectivity index (χ1n) is 7.65. The van der Waals surface area contributed by atoms with Crippen LogP contribution in [0.5, 0.6) is 0 Å². The maximum atomic E-state index is 12.1. The van der Waals surface area contributed by atoms with Gasteiger partial charge in [0.1, 0.15) is 0 Å². The summed E-state index contributed by atoms with van der Waals surface area (Å²) in [5.74, 6) is 0.416. The van der Waals surface area contributed by atoms with Crippen molar-refractivity contribution in [3.05, 3.63) is 77.9 Å². The Morgan fingerprint density at radius 2 is 1.75 bits per heavy atom. The van der Waals surface area contributed by atoms with E-state index < -0.39 is 0 Å². The summed E-state index contributed by atoms with van der Waals surface area (Å²) in [5, 5.41) is 2.84. The van der Waals surface area contributed by atoms with Crippen LogP contribution in [0.25, 0.3) is 6.08 Å². The minimum absolute atomic E-state index is 0.0230. The topological polar surface area (TPSA) is 58.2 Å². The Morgan fingerprint density at radius 1 is 1.04 bits per heavy atom. The highest BCUT2D eigenvalue weighted by Gasteiger charge is 2.08. The molecule has 2 aromatic rings. The molecule has 0 bridgehead atoms. The average molecular weight is 340 g/mol. The van der Waals surface area contributed by atoms with Crippen LogP contribution in [-0.4, -0.2) is 24.1 Å². The maximum absolute atomic E-state index is 12.1. The van der Waals surface area contributed by atoms with E-state index in [-0.39, 0.29) is 11.8 Å². The van der Waals surface area contributed by atoms with E-state index >= 15 is 0 Å². The van der Waals surface area contributed by atoms with Gasteiger partial charge in [0.25, 0.3) is 5.91 Å². The van der Waals surface area contributed by atoms with Gasteiger partial charge in [0.2, 0.25) is 5.91 Å². The van der Waals surface area contributed by atoms with Crippen molar-refractivity contribution in [1.29, 1.82) is 0 Å². The fourth-order valence-corrected chi connectivity index (χ4v) is 2.69. The fourth-order valence-electron chi connectivity index (χ4n) is 2.14. The van der Waals surface area contributed by atoms with Crippen LogP contribution in [-0.2, 0) is 11.2 Å². The summed E-state index contributed by atoms with van der Waals surface area (Å²) in [6, 6.07) is 16.9. The van der Waals surface area contributed by atoms with E-state index in [4.69, 9.17) is 0 Å². The van der Waals surface area contributed by atoms with Crippen LogP contribution in [0.4, 0.5) is 0 Å². The van der Waals surface area contributed by atoms with E-state index in [0.717, 1.165) is 11.1 Å². The van der Waals surface area contributed by atoms with Gasteiger partial charge in [-0.1, -0.05) is 61.2 Å². The molecular weight excluding hydrogens is 320 g/mol. The van der Waals surface area contributed by atoms with E-state index in [9.17, 15) is 9.59 Å². The van der Waals surface area contributed by atoms with Gasteiger partial charge in [-0.25, -0.2) is 0 Å². The molecule has 0 saturated carbocycles. The second-order valence-electron chi connectivity index (χ2n) is 5.08. The zero-order valence-electron chi connectivity index (χ0n) is 13.3. The van der Waals surface area contributed by atoms with E-state index in [1.165, 1.54) is 11.9 Å². The monoisotopic (exact) mass is 340 g/mol. The van der Waals surface area contributed by atoms with Crippen LogP contribution in [0, 0.1) is 0 Å². The van der Waals surface area contributed by atoms with Crippen molar-refractivity contribution in [3.8, 4) is 0 Å². The fraction of sp³-hybridized carbons (Fsp3) is 0.158. The van der Waals surface area contributed by atoms with Gasteiger partial charge >= 0.3 is 0 Å². The first kappa shape index (κ1) is 17.8. The lowest BCUT2D eigenvalue weighted by atomic mass is 10.1. The molecule has 5 heteroatoms. The van der Waals surface area contributed by atoms with Crippen molar-refractivity contribution in [2.24, 2.45) is 0 Å². The summed E-state index contributed by atoms with van der Waals surface area (Å²) >= 11 is 1.28. The number of hydrogen-bond donors (Lipinski definition) is 2. The van der Waals surface area contributed by atoms with Crippen LogP contribution < -0.4 is 10.0 Å². The van der Waals surface area contributed by atoms with Gasteiger partial charge in [-0.2, -0.15) is 0 Å². The zero-order chi connectivity index (χ0) is 17.2. The molecule has 0 fully saturated rings. The molecule has 0 aliphatic carbocycles.